The van der Waals surface area contributed by atoms with Gasteiger partial charge in [-0.05, 0) is 6.08 Å². The van der Waals surface area contributed by atoms with E-state index in [2.05, 4.69) is 6.58 Å². The highest BCUT2D eigenvalue weighted by Gasteiger charge is 2.09. The molecule has 1 N–H and O–H groups in total. The van der Waals surface area contributed by atoms with Crippen LogP contribution >= 0.6 is 8.46 Å². The first-order valence-corrected chi connectivity index (χ1v) is 3.35. The second kappa shape index (κ2) is 4.36. The van der Waals surface area contributed by atoms with E-state index in [1.165, 1.54) is 0 Å². The maximum Gasteiger partial charge on any atom is 0.184 e. The highest BCUT2D eigenvalue weighted by Crippen LogP contribution is 1.97. The fraction of sp³-hybridized carbons (Fsp3) is 0.400. The van der Waals surface area contributed by atoms with Gasteiger partial charge in [0.05, 0.1) is 6.16 Å². The van der Waals surface area contributed by atoms with E-state index >= 15 is 0 Å². The third kappa shape index (κ3) is 3.12. The Balaban J connectivity index is 3.71. The Bertz CT molecular complexity index is 132. The number of carbonyl (C=O) groups excluding carboxylic acids is 1. The fourth-order valence-corrected chi connectivity index (χ4v) is 0.618. The molecule has 0 aromatic heterocycles. The number of ketones is 1. The molecular weight excluding hydrogens is 139 g/mol. The SMILES string of the molecule is C=CC(=O)C(O)CP=O. The summed E-state index contributed by atoms with van der Waals surface area (Å²) in [4.78, 5) is 10.4. The van der Waals surface area contributed by atoms with Crippen LogP contribution in [-0.4, -0.2) is 23.2 Å². The largest absolute Gasteiger partial charge is 0.384 e. The molecule has 4 heteroatoms. The Hall–Kier alpha value is -0.530. The molecule has 0 radical (unpaired) electrons. The van der Waals surface area contributed by atoms with E-state index in [0.717, 1.165) is 6.08 Å². The standard InChI is InChI=1S/C5H7O3P/c1-2-4(6)5(7)3-9-8/h2,5,7H,1,3H2. The van der Waals surface area contributed by atoms with Gasteiger partial charge in [-0.1, -0.05) is 6.58 Å². The molecule has 0 bridgehead atoms. The fourth-order valence-electron chi connectivity index (χ4n) is 0.297. The highest BCUT2D eigenvalue weighted by molar-refractivity contribution is 7.23. The number of hydrogen-bond donors (Lipinski definition) is 1. The first-order valence-electron chi connectivity index (χ1n) is 2.35. The van der Waals surface area contributed by atoms with Crippen molar-refractivity contribution in [3.63, 3.8) is 0 Å². The van der Waals surface area contributed by atoms with Gasteiger partial charge >= 0.3 is 0 Å². The van der Waals surface area contributed by atoms with Gasteiger partial charge < -0.3 is 5.11 Å². The summed E-state index contributed by atoms with van der Waals surface area (Å²) in [5.41, 5.74) is 0. The van der Waals surface area contributed by atoms with Crippen molar-refractivity contribution in [3.8, 4) is 0 Å². The van der Waals surface area contributed by atoms with Crippen LogP contribution in [0.25, 0.3) is 0 Å². The first-order chi connectivity index (χ1) is 4.22. The Kier molecular flexibility index (Phi) is 4.10. The number of rotatable bonds is 4. The van der Waals surface area contributed by atoms with E-state index in [-0.39, 0.29) is 14.6 Å². The Morgan fingerprint density at radius 2 is 2.44 bits per heavy atom. The van der Waals surface area contributed by atoms with Crippen LogP contribution < -0.4 is 0 Å². The smallest absolute Gasteiger partial charge is 0.184 e. The highest BCUT2D eigenvalue weighted by atomic mass is 31.1. The topological polar surface area (TPSA) is 54.4 Å². The molecule has 0 aliphatic rings. The molecule has 9 heavy (non-hydrogen) atoms. The van der Waals surface area contributed by atoms with Gasteiger partial charge in [0.1, 0.15) is 6.10 Å². The summed E-state index contributed by atoms with van der Waals surface area (Å²) < 4.78 is 9.79. The van der Waals surface area contributed by atoms with Crippen molar-refractivity contribution in [1.82, 2.24) is 0 Å². The molecule has 1 unspecified atom stereocenters. The van der Waals surface area contributed by atoms with E-state index in [4.69, 9.17) is 5.11 Å². The second-order valence-corrected chi connectivity index (χ2v) is 2.06. The molecule has 0 aliphatic carbocycles. The van der Waals surface area contributed by atoms with E-state index < -0.39 is 11.9 Å². The maximum atomic E-state index is 10.4. The summed E-state index contributed by atoms with van der Waals surface area (Å²) in [5, 5.41) is 8.69. The molecule has 0 fully saturated rings. The van der Waals surface area contributed by atoms with Crippen LogP contribution in [-0.2, 0) is 9.36 Å². The second-order valence-electron chi connectivity index (χ2n) is 1.43. The molecule has 0 aliphatic heterocycles. The lowest BCUT2D eigenvalue weighted by Gasteiger charge is -1.97. The first kappa shape index (κ1) is 8.47. The predicted molar refractivity (Wildman–Crippen MR) is 33.7 cm³/mol. The maximum absolute atomic E-state index is 10.4. The summed E-state index contributed by atoms with van der Waals surface area (Å²) in [7, 11) is -0.225. The number of carbonyl (C=O) groups is 1. The monoisotopic (exact) mass is 146 g/mol. The zero-order valence-corrected chi connectivity index (χ0v) is 5.67. The normalized spacial score (nSPS) is 13.0. The molecule has 1 atom stereocenters. The molecule has 0 saturated heterocycles. The molecule has 0 aromatic rings. The molecule has 0 rings (SSSR count). The molecule has 50 valence electrons. The third-order valence-electron chi connectivity index (χ3n) is 0.777. The number of hydrogen-bond acceptors (Lipinski definition) is 3. The Labute approximate surface area is 54.6 Å². The van der Waals surface area contributed by atoms with Crippen molar-refractivity contribution in [1.29, 1.82) is 0 Å². The number of aliphatic hydroxyl groups excluding tert-OH is 1. The van der Waals surface area contributed by atoms with Gasteiger partial charge in [0.15, 0.2) is 14.2 Å². The minimum Gasteiger partial charge on any atom is -0.384 e. The molecule has 0 spiro atoms. The Morgan fingerprint density at radius 1 is 1.89 bits per heavy atom. The zero-order valence-electron chi connectivity index (χ0n) is 4.78. The van der Waals surface area contributed by atoms with E-state index in [1.807, 2.05) is 0 Å². The van der Waals surface area contributed by atoms with Crippen molar-refractivity contribution >= 4 is 14.2 Å². The average molecular weight is 146 g/mol. The molecule has 0 heterocycles. The van der Waals surface area contributed by atoms with Crippen molar-refractivity contribution in [2.45, 2.75) is 6.10 Å². The van der Waals surface area contributed by atoms with Gasteiger partial charge in [-0.3, -0.25) is 9.36 Å². The van der Waals surface area contributed by atoms with Gasteiger partial charge in [0, 0.05) is 0 Å². The van der Waals surface area contributed by atoms with Gasteiger partial charge in [-0.25, -0.2) is 0 Å². The van der Waals surface area contributed by atoms with E-state index in [9.17, 15) is 9.36 Å². The lowest BCUT2D eigenvalue weighted by atomic mass is 10.3. The van der Waals surface area contributed by atoms with Crippen molar-refractivity contribution in [2.75, 3.05) is 6.16 Å². The summed E-state index contributed by atoms with van der Waals surface area (Å²) in [6.07, 6.45) is -0.192. The van der Waals surface area contributed by atoms with Crippen molar-refractivity contribution in [3.05, 3.63) is 12.7 Å². The summed E-state index contributed by atoms with van der Waals surface area (Å²) in [6, 6.07) is 0. The van der Waals surface area contributed by atoms with Crippen LogP contribution in [0.15, 0.2) is 12.7 Å². The molecular formula is C5H7O3P. The minimum atomic E-state index is -1.15. The number of aliphatic hydroxyl groups is 1. The van der Waals surface area contributed by atoms with Crippen LogP contribution in [0.3, 0.4) is 0 Å². The van der Waals surface area contributed by atoms with Crippen molar-refractivity contribution in [2.24, 2.45) is 0 Å². The quantitative estimate of drug-likeness (QED) is 0.461. The molecule has 0 amide bonds. The summed E-state index contributed by atoms with van der Waals surface area (Å²) in [5.74, 6) is -0.488. The summed E-state index contributed by atoms with van der Waals surface area (Å²) in [6.45, 7) is 3.15. The minimum absolute atomic E-state index is 0.0507. The lowest BCUT2D eigenvalue weighted by molar-refractivity contribution is -0.121. The average Bonchev–Trinajstić information content (AvgIpc) is 1.87. The Morgan fingerprint density at radius 3 is 2.78 bits per heavy atom. The molecule has 0 saturated carbocycles. The van der Waals surface area contributed by atoms with Crippen LogP contribution in [0.4, 0.5) is 0 Å². The zero-order chi connectivity index (χ0) is 7.28. The van der Waals surface area contributed by atoms with Crippen LogP contribution in [0.5, 0.6) is 0 Å². The van der Waals surface area contributed by atoms with Gasteiger partial charge in [-0.2, -0.15) is 0 Å². The van der Waals surface area contributed by atoms with Crippen LogP contribution in [0.1, 0.15) is 0 Å². The van der Waals surface area contributed by atoms with Gasteiger partial charge in [0.25, 0.3) is 0 Å². The van der Waals surface area contributed by atoms with Crippen LogP contribution in [0.2, 0.25) is 0 Å². The van der Waals surface area contributed by atoms with Crippen LogP contribution in [0, 0.1) is 0 Å². The summed E-state index contributed by atoms with van der Waals surface area (Å²) >= 11 is 0. The molecule has 0 aromatic carbocycles. The molecule has 3 nitrogen and oxygen atoms in total. The predicted octanol–water partition coefficient (Wildman–Crippen LogP) is 0.394. The van der Waals surface area contributed by atoms with Gasteiger partial charge in [-0.15, -0.1) is 0 Å². The third-order valence-corrected chi connectivity index (χ3v) is 1.27. The van der Waals surface area contributed by atoms with Crippen molar-refractivity contribution < 1.29 is 14.5 Å². The van der Waals surface area contributed by atoms with E-state index in [1.54, 1.807) is 0 Å². The van der Waals surface area contributed by atoms with E-state index in [0.29, 0.717) is 0 Å². The lowest BCUT2D eigenvalue weighted by Crippen LogP contribution is -2.19. The van der Waals surface area contributed by atoms with Gasteiger partial charge in [0.2, 0.25) is 0 Å².